The molecule has 1 amide bonds. The van der Waals surface area contributed by atoms with Gasteiger partial charge in [0.1, 0.15) is 12.4 Å². The normalized spacial score (nSPS) is 17.3. The first-order chi connectivity index (χ1) is 9.95. The van der Waals surface area contributed by atoms with Crippen LogP contribution in [0.25, 0.3) is 0 Å². The van der Waals surface area contributed by atoms with Gasteiger partial charge >= 0.3 is 0 Å². The molecule has 0 saturated carbocycles. The van der Waals surface area contributed by atoms with Crippen LogP contribution in [0.3, 0.4) is 0 Å². The van der Waals surface area contributed by atoms with Crippen LogP contribution >= 0.6 is 0 Å². The van der Waals surface area contributed by atoms with Crippen LogP contribution in [-0.2, 0) is 14.8 Å². The smallest absolute Gasteiger partial charge is 0.263 e. The molecule has 0 spiro atoms. The van der Waals surface area contributed by atoms with Crippen molar-refractivity contribution in [3.63, 3.8) is 0 Å². The third kappa shape index (κ3) is 3.41. The van der Waals surface area contributed by atoms with Gasteiger partial charge in [0.2, 0.25) is 5.91 Å². The number of fused-ring (bicyclic) bond motifs is 1. The molecule has 0 aromatic heterocycles. The Morgan fingerprint density at radius 2 is 2.05 bits per heavy atom. The summed E-state index contributed by atoms with van der Waals surface area (Å²) in [5.41, 5.74) is 0.515. The standard InChI is InChI=1S/C14H19N3O3S/c1-3-4-9-17(2)13(18)10-15-14-11-7-5-6-8-12(11)21(19,20)16-14/h5-8H,3-4,9-10H2,1-2H3,(H,15,16). The van der Waals surface area contributed by atoms with Crippen molar-refractivity contribution in [2.75, 3.05) is 20.1 Å². The van der Waals surface area contributed by atoms with E-state index in [-0.39, 0.29) is 23.2 Å². The van der Waals surface area contributed by atoms with Gasteiger partial charge in [-0.3, -0.25) is 14.5 Å². The van der Waals surface area contributed by atoms with E-state index in [0.29, 0.717) is 12.1 Å². The number of likely N-dealkylation sites (N-methyl/N-ethyl adjacent to an activating group) is 1. The Bertz CT molecular complexity index is 668. The summed E-state index contributed by atoms with van der Waals surface area (Å²) >= 11 is 0. The third-order valence-electron chi connectivity index (χ3n) is 3.31. The van der Waals surface area contributed by atoms with Gasteiger partial charge < -0.3 is 4.90 Å². The molecule has 0 aliphatic carbocycles. The molecule has 114 valence electrons. The van der Waals surface area contributed by atoms with Crippen LogP contribution in [0.5, 0.6) is 0 Å². The maximum absolute atomic E-state index is 11.9. The van der Waals surface area contributed by atoms with Crippen molar-refractivity contribution in [1.29, 1.82) is 0 Å². The maximum atomic E-state index is 11.9. The largest absolute Gasteiger partial charge is 0.344 e. The number of nitrogens with one attached hydrogen (secondary N) is 1. The monoisotopic (exact) mass is 309 g/mol. The van der Waals surface area contributed by atoms with Gasteiger partial charge in [-0.25, -0.2) is 8.42 Å². The molecule has 1 aromatic carbocycles. The number of carbonyl (C=O) groups excluding carboxylic acids is 1. The number of sulfonamides is 1. The summed E-state index contributed by atoms with van der Waals surface area (Å²) < 4.78 is 26.2. The van der Waals surface area contributed by atoms with E-state index in [1.165, 1.54) is 6.07 Å². The Morgan fingerprint density at radius 1 is 1.33 bits per heavy atom. The number of nitrogens with zero attached hydrogens (tertiary/aromatic N) is 2. The van der Waals surface area contributed by atoms with Crippen molar-refractivity contribution in [2.45, 2.75) is 24.7 Å². The van der Waals surface area contributed by atoms with E-state index in [1.54, 1.807) is 30.1 Å². The second-order valence-corrected chi connectivity index (χ2v) is 6.59. The summed E-state index contributed by atoms with van der Waals surface area (Å²) in [6, 6.07) is 6.60. The number of rotatable bonds is 5. The van der Waals surface area contributed by atoms with Crippen LogP contribution in [0.15, 0.2) is 34.2 Å². The summed E-state index contributed by atoms with van der Waals surface area (Å²) in [5, 5.41) is 0. The van der Waals surface area contributed by atoms with E-state index >= 15 is 0 Å². The minimum Gasteiger partial charge on any atom is -0.344 e. The minimum absolute atomic E-state index is 0.0631. The van der Waals surface area contributed by atoms with Crippen molar-refractivity contribution in [2.24, 2.45) is 4.99 Å². The van der Waals surface area contributed by atoms with Crippen LogP contribution < -0.4 is 4.72 Å². The van der Waals surface area contributed by atoms with Gasteiger partial charge in [0.15, 0.2) is 0 Å². The summed E-state index contributed by atoms with van der Waals surface area (Å²) in [6.07, 6.45) is 1.95. The van der Waals surface area contributed by atoms with Crippen LogP contribution in [0, 0.1) is 0 Å². The fourth-order valence-corrected chi connectivity index (χ4v) is 3.29. The fourth-order valence-electron chi connectivity index (χ4n) is 2.04. The van der Waals surface area contributed by atoms with Gasteiger partial charge in [0.05, 0.1) is 4.90 Å². The lowest BCUT2D eigenvalue weighted by Gasteiger charge is -2.15. The van der Waals surface area contributed by atoms with Crippen molar-refractivity contribution in [1.82, 2.24) is 9.62 Å². The highest BCUT2D eigenvalue weighted by Gasteiger charge is 2.30. The Morgan fingerprint density at radius 3 is 2.76 bits per heavy atom. The van der Waals surface area contributed by atoms with Gasteiger partial charge in [-0.2, -0.15) is 0 Å². The third-order valence-corrected chi connectivity index (χ3v) is 4.71. The zero-order valence-corrected chi connectivity index (χ0v) is 13.0. The second kappa shape index (κ2) is 6.26. The van der Waals surface area contributed by atoms with E-state index in [2.05, 4.69) is 16.6 Å². The molecule has 0 atom stereocenters. The maximum Gasteiger partial charge on any atom is 0.263 e. The van der Waals surface area contributed by atoms with E-state index in [4.69, 9.17) is 0 Å². The number of aliphatic imine (C=N–C) groups is 1. The zero-order chi connectivity index (χ0) is 15.5. The van der Waals surface area contributed by atoms with Gasteiger partial charge in [0.25, 0.3) is 10.0 Å². The van der Waals surface area contributed by atoms with Gasteiger partial charge in [-0.15, -0.1) is 0 Å². The van der Waals surface area contributed by atoms with Gasteiger partial charge in [-0.05, 0) is 18.6 Å². The van der Waals surface area contributed by atoms with Crippen LogP contribution in [0.4, 0.5) is 0 Å². The highest BCUT2D eigenvalue weighted by Crippen LogP contribution is 2.21. The molecular formula is C14H19N3O3S. The zero-order valence-electron chi connectivity index (χ0n) is 12.2. The molecule has 0 radical (unpaired) electrons. The topological polar surface area (TPSA) is 78.8 Å². The molecule has 1 aliphatic rings. The first-order valence-electron chi connectivity index (χ1n) is 6.86. The quantitative estimate of drug-likeness (QED) is 0.880. The Balaban J connectivity index is 2.12. The van der Waals surface area contributed by atoms with Gasteiger partial charge in [-0.1, -0.05) is 25.5 Å². The lowest BCUT2D eigenvalue weighted by atomic mass is 10.2. The Hall–Kier alpha value is -1.89. The molecule has 0 unspecified atom stereocenters. The first-order valence-corrected chi connectivity index (χ1v) is 8.34. The molecule has 6 nitrogen and oxygen atoms in total. The van der Waals surface area contributed by atoms with Crippen LogP contribution in [0.1, 0.15) is 25.3 Å². The Labute approximate surface area is 124 Å². The number of hydrogen-bond acceptors (Lipinski definition) is 4. The number of carbonyl (C=O) groups is 1. The molecule has 1 N–H and O–H groups in total. The minimum atomic E-state index is -3.54. The molecule has 21 heavy (non-hydrogen) atoms. The molecular weight excluding hydrogens is 290 g/mol. The average Bonchev–Trinajstić information content (AvgIpc) is 2.74. The average molecular weight is 309 g/mol. The summed E-state index contributed by atoms with van der Waals surface area (Å²) in [5.74, 6) is 0.113. The first kappa shape index (κ1) is 15.5. The SMILES string of the molecule is CCCCN(C)C(=O)CN=C1NS(=O)(=O)c2ccccc21. The lowest BCUT2D eigenvalue weighted by Crippen LogP contribution is -2.31. The Kier molecular flexibility index (Phi) is 4.62. The predicted octanol–water partition coefficient (Wildman–Crippen LogP) is 0.984. The molecule has 0 fully saturated rings. The highest BCUT2D eigenvalue weighted by molar-refractivity contribution is 7.90. The molecule has 1 aliphatic heterocycles. The second-order valence-electron chi connectivity index (χ2n) is 4.94. The number of unbranched alkanes of at least 4 members (excludes halogenated alkanes) is 1. The summed E-state index contributed by atoms with van der Waals surface area (Å²) in [6.45, 7) is 2.68. The van der Waals surface area contributed by atoms with Crippen molar-refractivity contribution >= 4 is 21.8 Å². The van der Waals surface area contributed by atoms with Crippen molar-refractivity contribution in [3.05, 3.63) is 29.8 Å². The number of benzene rings is 1. The molecule has 1 aromatic rings. The molecule has 7 heteroatoms. The van der Waals surface area contributed by atoms with Crippen molar-refractivity contribution < 1.29 is 13.2 Å². The number of amidine groups is 1. The van der Waals surface area contributed by atoms with Crippen LogP contribution in [-0.4, -0.2) is 45.2 Å². The summed E-state index contributed by atoms with van der Waals surface area (Å²) in [4.78, 5) is 17.9. The van der Waals surface area contributed by atoms with Gasteiger partial charge in [0, 0.05) is 19.2 Å². The lowest BCUT2D eigenvalue weighted by molar-refractivity contribution is -0.128. The van der Waals surface area contributed by atoms with Crippen LogP contribution in [0.2, 0.25) is 0 Å². The number of hydrogen-bond donors (Lipinski definition) is 1. The molecule has 1 heterocycles. The molecule has 2 rings (SSSR count). The van der Waals surface area contributed by atoms with E-state index in [0.717, 1.165) is 12.8 Å². The van der Waals surface area contributed by atoms with E-state index in [1.807, 2.05) is 0 Å². The fraction of sp³-hybridized carbons (Fsp3) is 0.429. The predicted molar refractivity (Wildman–Crippen MR) is 80.7 cm³/mol. The van der Waals surface area contributed by atoms with Crippen molar-refractivity contribution in [3.8, 4) is 0 Å². The number of amides is 1. The molecule has 0 saturated heterocycles. The summed E-state index contributed by atoms with van der Waals surface area (Å²) in [7, 11) is -1.82. The van der Waals surface area contributed by atoms with E-state index in [9.17, 15) is 13.2 Å². The molecule has 0 bridgehead atoms. The van der Waals surface area contributed by atoms with E-state index < -0.39 is 10.0 Å². The highest BCUT2D eigenvalue weighted by atomic mass is 32.2.